The Labute approximate surface area is 231 Å². The zero-order valence-electron chi connectivity index (χ0n) is 22.2. The van der Waals surface area contributed by atoms with Gasteiger partial charge in [0, 0.05) is 39.9 Å². The van der Waals surface area contributed by atoms with E-state index in [0.29, 0.717) is 56.0 Å². The molecular weight excluding hydrogens is 526 g/mol. The molecule has 0 radical (unpaired) electrons. The van der Waals surface area contributed by atoms with E-state index >= 15 is 0 Å². The van der Waals surface area contributed by atoms with Crippen LogP contribution in [0.5, 0.6) is 23.0 Å². The van der Waals surface area contributed by atoms with Crippen molar-refractivity contribution in [2.75, 3.05) is 33.3 Å². The van der Waals surface area contributed by atoms with E-state index in [0.717, 1.165) is 12.2 Å². The number of carboxylic acid groups (broad SMARTS) is 1. The van der Waals surface area contributed by atoms with E-state index in [-0.39, 0.29) is 6.54 Å². The molecule has 1 amide bonds. The van der Waals surface area contributed by atoms with E-state index in [2.05, 4.69) is 0 Å². The highest BCUT2D eigenvalue weighted by Gasteiger charge is 2.27. The molecule has 206 valence electrons. The maximum atomic E-state index is 13.5. The second kappa shape index (κ2) is 13.0. The number of aliphatic hydroxyl groups is 1. The molecule has 0 fully saturated rings. The highest BCUT2D eigenvalue weighted by molar-refractivity contribution is 6.31. The van der Waals surface area contributed by atoms with Crippen molar-refractivity contribution in [3.63, 3.8) is 0 Å². The van der Waals surface area contributed by atoms with Crippen LogP contribution >= 0.6 is 11.6 Å². The second-order valence-electron chi connectivity index (χ2n) is 8.42. The zero-order valence-corrected chi connectivity index (χ0v) is 23.0. The Morgan fingerprint density at radius 3 is 2.26 bits per heavy atom. The molecule has 10 heteroatoms. The lowest BCUT2D eigenvalue weighted by atomic mass is 9.96. The molecule has 0 saturated carbocycles. The number of hydrogen-bond acceptors (Lipinski definition) is 7. The summed E-state index contributed by atoms with van der Waals surface area (Å²) in [6, 6.07) is 13.4. The third-order valence-corrected chi connectivity index (χ3v) is 6.49. The van der Waals surface area contributed by atoms with Crippen molar-refractivity contribution in [3.05, 3.63) is 88.0 Å². The van der Waals surface area contributed by atoms with Crippen LogP contribution < -0.4 is 23.8 Å². The Kier molecular flexibility index (Phi) is 9.81. The predicted octanol–water partition coefficient (Wildman–Crippen LogP) is 4.94. The summed E-state index contributed by atoms with van der Waals surface area (Å²) in [4.78, 5) is 26.0. The molecule has 1 unspecified atom stereocenters. The first kappa shape index (κ1) is 29.3. The van der Waals surface area contributed by atoms with Crippen molar-refractivity contribution in [3.8, 4) is 23.0 Å². The van der Waals surface area contributed by atoms with Gasteiger partial charge in [0.25, 0.3) is 5.91 Å². The van der Waals surface area contributed by atoms with Gasteiger partial charge in [0.2, 0.25) is 0 Å². The first-order valence-electron chi connectivity index (χ1n) is 11.8. The number of para-hydroxylation sites is 1. The minimum atomic E-state index is -1.29. The molecule has 0 aliphatic rings. The quantitative estimate of drug-likeness (QED) is 0.320. The molecule has 0 heterocycles. The van der Waals surface area contributed by atoms with E-state index in [9.17, 15) is 14.7 Å². The van der Waals surface area contributed by atoms with E-state index in [4.69, 9.17) is 35.7 Å². The fourth-order valence-electron chi connectivity index (χ4n) is 4.10. The largest absolute Gasteiger partial charge is 0.497 e. The van der Waals surface area contributed by atoms with Crippen molar-refractivity contribution >= 4 is 29.2 Å². The molecule has 3 aromatic rings. The fraction of sp³-hybridized carbons (Fsp3) is 0.241. The molecule has 3 rings (SSSR count). The van der Waals surface area contributed by atoms with Crippen molar-refractivity contribution < 1.29 is 38.7 Å². The van der Waals surface area contributed by atoms with Gasteiger partial charge in [0.1, 0.15) is 17.6 Å². The van der Waals surface area contributed by atoms with Crippen molar-refractivity contribution in [2.24, 2.45) is 0 Å². The Morgan fingerprint density at radius 1 is 0.923 bits per heavy atom. The highest BCUT2D eigenvalue weighted by Crippen LogP contribution is 2.42. The van der Waals surface area contributed by atoms with E-state index < -0.39 is 18.0 Å². The summed E-state index contributed by atoms with van der Waals surface area (Å²) in [5.74, 6) is -0.175. The number of carbonyl (C=O) groups excluding carboxylic acids is 1. The van der Waals surface area contributed by atoms with E-state index in [1.54, 1.807) is 55.5 Å². The summed E-state index contributed by atoms with van der Waals surface area (Å²) >= 11 is 6.48. The molecule has 0 aliphatic heterocycles. The second-order valence-corrected chi connectivity index (χ2v) is 8.83. The summed E-state index contributed by atoms with van der Waals surface area (Å²) in [6.07, 6.45) is 0.412. The normalized spacial score (nSPS) is 11.7. The van der Waals surface area contributed by atoms with Gasteiger partial charge >= 0.3 is 5.97 Å². The molecular formula is C29H30ClNO8. The Balaban J connectivity index is 2.24. The minimum Gasteiger partial charge on any atom is -0.497 e. The number of benzene rings is 3. The fourth-order valence-corrected chi connectivity index (χ4v) is 4.27. The molecule has 1 atom stereocenters. The standard InChI is InChI=1S/C29H30ClNO8/c1-17-13-23(21(15-22(17)30)28(35)20-7-6-8-24(37-3)29(20)39-5)31(26(32)11-12-27(33)34)16-18-9-10-19(36-2)14-25(18)38-4/h6-15,28,35H,16H2,1-5H3,(H,33,34). The highest BCUT2D eigenvalue weighted by atomic mass is 35.5. The lowest BCUT2D eigenvalue weighted by Gasteiger charge is -2.28. The smallest absolute Gasteiger partial charge is 0.328 e. The number of carboxylic acids is 1. The summed E-state index contributed by atoms with van der Waals surface area (Å²) in [5.41, 5.74) is 2.24. The number of methoxy groups -OCH3 is 4. The van der Waals surface area contributed by atoms with Crippen LogP contribution in [0.1, 0.15) is 28.4 Å². The van der Waals surface area contributed by atoms with Gasteiger partial charge in [-0.3, -0.25) is 4.79 Å². The van der Waals surface area contributed by atoms with Gasteiger partial charge in [0.05, 0.1) is 40.7 Å². The summed E-state index contributed by atoms with van der Waals surface area (Å²) in [5, 5.41) is 21.1. The van der Waals surface area contributed by atoms with Gasteiger partial charge in [-0.25, -0.2) is 4.79 Å². The van der Waals surface area contributed by atoms with Gasteiger partial charge < -0.3 is 34.1 Å². The molecule has 3 aromatic carbocycles. The monoisotopic (exact) mass is 555 g/mol. The lowest BCUT2D eigenvalue weighted by Crippen LogP contribution is -2.30. The summed E-state index contributed by atoms with van der Waals surface area (Å²) in [7, 11) is 5.96. The lowest BCUT2D eigenvalue weighted by molar-refractivity contribution is -0.131. The van der Waals surface area contributed by atoms with E-state index in [1.165, 1.54) is 33.3 Å². The van der Waals surface area contributed by atoms with Crippen LogP contribution in [0.2, 0.25) is 5.02 Å². The Bertz CT molecular complexity index is 1390. The van der Waals surface area contributed by atoms with Gasteiger partial charge in [-0.15, -0.1) is 0 Å². The molecule has 0 aliphatic carbocycles. The molecule has 0 bridgehead atoms. The number of aliphatic carboxylic acids is 1. The number of nitrogens with zero attached hydrogens (tertiary/aromatic N) is 1. The molecule has 0 spiro atoms. The van der Waals surface area contributed by atoms with Crippen LogP contribution in [0.15, 0.2) is 60.7 Å². The third kappa shape index (κ3) is 6.63. The topological polar surface area (TPSA) is 115 Å². The third-order valence-electron chi connectivity index (χ3n) is 6.08. The predicted molar refractivity (Wildman–Crippen MR) is 147 cm³/mol. The number of halogens is 1. The molecule has 9 nitrogen and oxygen atoms in total. The maximum absolute atomic E-state index is 13.5. The molecule has 0 aromatic heterocycles. The SMILES string of the molecule is COc1ccc(CN(C(=O)C=CC(=O)O)c2cc(C)c(Cl)cc2C(O)c2cccc(OC)c2OC)c(OC)c1. The van der Waals surface area contributed by atoms with Crippen molar-refractivity contribution in [2.45, 2.75) is 19.6 Å². The van der Waals surface area contributed by atoms with Crippen LogP contribution in [0.25, 0.3) is 0 Å². The molecule has 0 saturated heterocycles. The van der Waals surface area contributed by atoms with Gasteiger partial charge in [0.15, 0.2) is 11.5 Å². The van der Waals surface area contributed by atoms with Crippen LogP contribution in [-0.4, -0.2) is 50.5 Å². The van der Waals surface area contributed by atoms with Gasteiger partial charge in [-0.1, -0.05) is 23.7 Å². The number of aliphatic hydroxyl groups excluding tert-OH is 1. The summed E-state index contributed by atoms with van der Waals surface area (Å²) < 4.78 is 21.7. The van der Waals surface area contributed by atoms with Crippen molar-refractivity contribution in [1.82, 2.24) is 0 Å². The van der Waals surface area contributed by atoms with Crippen LogP contribution in [0.4, 0.5) is 5.69 Å². The zero-order chi connectivity index (χ0) is 28.7. The average molecular weight is 556 g/mol. The van der Waals surface area contributed by atoms with Gasteiger partial charge in [-0.2, -0.15) is 0 Å². The minimum absolute atomic E-state index is 0.0218. The molecule has 39 heavy (non-hydrogen) atoms. The van der Waals surface area contributed by atoms with Crippen LogP contribution in [0, 0.1) is 6.92 Å². The summed E-state index contributed by atoms with van der Waals surface area (Å²) in [6.45, 7) is 1.74. The first-order valence-corrected chi connectivity index (χ1v) is 12.1. The average Bonchev–Trinajstić information content (AvgIpc) is 2.94. The Hall–Kier alpha value is -4.21. The Morgan fingerprint density at radius 2 is 1.64 bits per heavy atom. The van der Waals surface area contributed by atoms with Crippen LogP contribution in [-0.2, 0) is 16.1 Å². The van der Waals surface area contributed by atoms with E-state index in [1.807, 2.05) is 0 Å². The number of hydrogen-bond donors (Lipinski definition) is 2. The number of aryl methyl sites for hydroxylation is 1. The van der Waals surface area contributed by atoms with Gasteiger partial charge in [-0.05, 0) is 42.8 Å². The van der Waals surface area contributed by atoms with Crippen molar-refractivity contribution in [1.29, 1.82) is 0 Å². The maximum Gasteiger partial charge on any atom is 0.328 e. The molecule has 2 N–H and O–H groups in total. The number of carbonyl (C=O) groups is 2. The van der Waals surface area contributed by atoms with Crippen LogP contribution in [0.3, 0.4) is 0 Å². The number of amides is 1. The number of ether oxygens (including phenoxy) is 4. The first-order chi connectivity index (χ1) is 18.6. The number of rotatable bonds is 11. The number of anilines is 1.